The van der Waals surface area contributed by atoms with Crippen LogP contribution in [0.4, 0.5) is 0 Å². The van der Waals surface area contributed by atoms with Crippen molar-refractivity contribution in [3.63, 3.8) is 0 Å². The number of ether oxygens (including phenoxy) is 1. The number of hydrogen-bond donors (Lipinski definition) is 1. The third-order valence-electron chi connectivity index (χ3n) is 1.34. The van der Waals surface area contributed by atoms with E-state index in [4.69, 9.17) is 4.74 Å². The molecule has 1 aromatic carbocycles. The lowest BCUT2D eigenvalue weighted by molar-refractivity contribution is 0.205. The maximum absolute atomic E-state index is 9.31. The molecule has 0 spiro atoms. The zero-order valence-corrected chi connectivity index (χ0v) is 7.52. The highest BCUT2D eigenvalue weighted by Gasteiger charge is 2.01. The van der Waals surface area contributed by atoms with Crippen molar-refractivity contribution in [3.8, 4) is 11.5 Å². The topological polar surface area (TPSA) is 51.0 Å². The Labute approximate surface area is 76.4 Å². The van der Waals surface area contributed by atoms with E-state index in [0.29, 0.717) is 11.6 Å². The van der Waals surface area contributed by atoms with Gasteiger partial charge in [-0.05, 0) is 12.1 Å². The average Bonchev–Trinajstić information content (AvgIpc) is 2.09. The summed E-state index contributed by atoms with van der Waals surface area (Å²) in [6, 6.07) is 6.65. The Morgan fingerprint density at radius 2 is 2.08 bits per heavy atom. The number of aromatic hydroxyl groups is 1. The van der Waals surface area contributed by atoms with Crippen LogP contribution in [0, 0.1) is 0 Å². The fourth-order valence-corrected chi connectivity index (χ4v) is 0.850. The zero-order valence-electron chi connectivity index (χ0n) is 7.52. The summed E-state index contributed by atoms with van der Waals surface area (Å²) >= 11 is 0. The van der Waals surface area contributed by atoms with Crippen molar-refractivity contribution >= 4 is 5.90 Å². The van der Waals surface area contributed by atoms with Crippen LogP contribution in [0.15, 0.2) is 29.4 Å². The molecule has 0 aliphatic heterocycles. The molecule has 0 atom stereocenters. The van der Waals surface area contributed by atoms with Crippen molar-refractivity contribution in [3.05, 3.63) is 24.3 Å². The standard InChI is InChI=1S/C9H11NO3/c1-7(10-12-2)13-9-6-4-3-5-8(9)11/h3-6,11H,1-2H3. The minimum atomic E-state index is 0.0770. The van der Waals surface area contributed by atoms with Gasteiger partial charge in [0.2, 0.25) is 5.90 Å². The Bertz CT molecular complexity index is 309. The van der Waals surface area contributed by atoms with Gasteiger partial charge in [0.1, 0.15) is 7.11 Å². The van der Waals surface area contributed by atoms with Crippen molar-refractivity contribution < 1.29 is 14.7 Å². The second-order valence-electron chi connectivity index (χ2n) is 2.36. The summed E-state index contributed by atoms with van der Waals surface area (Å²) in [4.78, 5) is 4.50. The first kappa shape index (κ1) is 9.38. The lowest BCUT2D eigenvalue weighted by Crippen LogP contribution is -2.03. The van der Waals surface area contributed by atoms with Crippen molar-refractivity contribution in [2.45, 2.75) is 6.92 Å². The van der Waals surface area contributed by atoms with E-state index in [1.807, 2.05) is 0 Å². The SMILES string of the molecule is CON=C(C)Oc1ccccc1O. The minimum absolute atomic E-state index is 0.0770. The van der Waals surface area contributed by atoms with Crippen LogP contribution in [-0.4, -0.2) is 18.1 Å². The summed E-state index contributed by atoms with van der Waals surface area (Å²) in [5, 5.41) is 12.9. The Kier molecular flexibility index (Phi) is 3.14. The van der Waals surface area contributed by atoms with Gasteiger partial charge in [0.15, 0.2) is 11.5 Å². The number of nitrogens with zero attached hydrogens (tertiary/aromatic N) is 1. The molecular weight excluding hydrogens is 170 g/mol. The van der Waals surface area contributed by atoms with Crippen LogP contribution >= 0.6 is 0 Å². The smallest absolute Gasteiger partial charge is 0.228 e. The van der Waals surface area contributed by atoms with E-state index < -0.39 is 0 Å². The van der Waals surface area contributed by atoms with Gasteiger partial charge in [0, 0.05) is 6.92 Å². The summed E-state index contributed by atoms with van der Waals surface area (Å²) in [5.41, 5.74) is 0. The second-order valence-corrected chi connectivity index (χ2v) is 2.36. The average molecular weight is 181 g/mol. The van der Waals surface area contributed by atoms with Gasteiger partial charge in [-0.1, -0.05) is 17.3 Å². The molecule has 0 saturated heterocycles. The number of oxime groups is 1. The van der Waals surface area contributed by atoms with E-state index in [-0.39, 0.29) is 5.75 Å². The molecule has 0 heterocycles. The summed E-state index contributed by atoms with van der Waals surface area (Å²) in [6.45, 7) is 1.63. The number of rotatable bonds is 2. The molecule has 0 aliphatic carbocycles. The number of benzene rings is 1. The van der Waals surface area contributed by atoms with Crippen molar-refractivity contribution in [2.24, 2.45) is 5.16 Å². The molecule has 4 nitrogen and oxygen atoms in total. The van der Waals surface area contributed by atoms with Crippen LogP contribution in [0.5, 0.6) is 11.5 Å². The molecule has 0 saturated carbocycles. The second kappa shape index (κ2) is 4.35. The lowest BCUT2D eigenvalue weighted by Gasteiger charge is -2.04. The molecular formula is C9H11NO3. The molecule has 0 bridgehead atoms. The highest BCUT2D eigenvalue weighted by molar-refractivity contribution is 5.75. The minimum Gasteiger partial charge on any atom is -0.504 e. The summed E-state index contributed by atoms with van der Waals surface area (Å²) in [5.74, 6) is 0.776. The highest BCUT2D eigenvalue weighted by atomic mass is 16.6. The van der Waals surface area contributed by atoms with Crippen LogP contribution in [-0.2, 0) is 4.84 Å². The first-order valence-corrected chi connectivity index (χ1v) is 3.77. The highest BCUT2D eigenvalue weighted by Crippen LogP contribution is 2.24. The van der Waals surface area contributed by atoms with E-state index in [0.717, 1.165) is 0 Å². The van der Waals surface area contributed by atoms with E-state index in [1.54, 1.807) is 25.1 Å². The van der Waals surface area contributed by atoms with E-state index in [9.17, 15) is 5.11 Å². The van der Waals surface area contributed by atoms with Crippen molar-refractivity contribution in [1.82, 2.24) is 0 Å². The largest absolute Gasteiger partial charge is 0.504 e. The summed E-state index contributed by atoms with van der Waals surface area (Å²) < 4.78 is 5.16. The van der Waals surface area contributed by atoms with Gasteiger partial charge >= 0.3 is 0 Å². The number of para-hydroxylation sites is 2. The van der Waals surface area contributed by atoms with Crippen LogP contribution in [0.1, 0.15) is 6.92 Å². The fraction of sp³-hybridized carbons (Fsp3) is 0.222. The molecule has 0 aliphatic rings. The van der Waals surface area contributed by atoms with E-state index >= 15 is 0 Å². The van der Waals surface area contributed by atoms with E-state index in [1.165, 1.54) is 13.2 Å². The Morgan fingerprint density at radius 1 is 1.38 bits per heavy atom. The van der Waals surface area contributed by atoms with Gasteiger partial charge in [0.05, 0.1) is 0 Å². The summed E-state index contributed by atoms with van der Waals surface area (Å²) in [6.07, 6.45) is 0. The molecule has 1 N–H and O–H groups in total. The third-order valence-corrected chi connectivity index (χ3v) is 1.34. The molecule has 0 amide bonds. The maximum atomic E-state index is 9.31. The molecule has 0 fully saturated rings. The van der Waals surface area contributed by atoms with Crippen molar-refractivity contribution in [1.29, 1.82) is 0 Å². The lowest BCUT2D eigenvalue weighted by atomic mass is 10.3. The number of phenolic OH excluding ortho intramolecular Hbond substituents is 1. The van der Waals surface area contributed by atoms with Gasteiger partial charge < -0.3 is 14.7 Å². The van der Waals surface area contributed by atoms with Crippen LogP contribution in [0.25, 0.3) is 0 Å². The summed E-state index contributed by atoms with van der Waals surface area (Å²) in [7, 11) is 1.43. The third kappa shape index (κ3) is 2.66. The number of phenols is 1. The normalized spacial score (nSPS) is 11.1. The molecule has 4 heteroatoms. The Morgan fingerprint density at radius 3 is 2.69 bits per heavy atom. The zero-order chi connectivity index (χ0) is 9.68. The van der Waals surface area contributed by atoms with Crippen LogP contribution < -0.4 is 4.74 Å². The Balaban J connectivity index is 2.74. The van der Waals surface area contributed by atoms with E-state index in [2.05, 4.69) is 9.99 Å². The van der Waals surface area contributed by atoms with Gasteiger partial charge in [0.25, 0.3) is 0 Å². The monoisotopic (exact) mass is 181 g/mol. The fourth-order valence-electron chi connectivity index (χ4n) is 0.850. The predicted octanol–water partition coefficient (Wildman–Crippen LogP) is 1.75. The van der Waals surface area contributed by atoms with Gasteiger partial charge in [-0.25, -0.2) is 0 Å². The molecule has 70 valence electrons. The molecule has 0 radical (unpaired) electrons. The molecule has 0 unspecified atom stereocenters. The van der Waals surface area contributed by atoms with Crippen molar-refractivity contribution in [2.75, 3.05) is 7.11 Å². The first-order chi connectivity index (χ1) is 6.24. The quantitative estimate of drug-likeness (QED) is 0.429. The molecule has 1 rings (SSSR count). The molecule has 13 heavy (non-hydrogen) atoms. The maximum Gasteiger partial charge on any atom is 0.228 e. The molecule has 1 aromatic rings. The molecule has 0 aromatic heterocycles. The van der Waals surface area contributed by atoms with Gasteiger partial charge in [-0.2, -0.15) is 0 Å². The van der Waals surface area contributed by atoms with Crippen LogP contribution in [0.3, 0.4) is 0 Å². The first-order valence-electron chi connectivity index (χ1n) is 3.77. The van der Waals surface area contributed by atoms with Gasteiger partial charge in [-0.15, -0.1) is 0 Å². The predicted molar refractivity (Wildman–Crippen MR) is 48.9 cm³/mol. The number of hydrogen-bond acceptors (Lipinski definition) is 4. The van der Waals surface area contributed by atoms with Crippen LogP contribution in [0.2, 0.25) is 0 Å². The Hall–Kier alpha value is -1.71. The van der Waals surface area contributed by atoms with Gasteiger partial charge in [-0.3, -0.25) is 0 Å².